The van der Waals surface area contributed by atoms with Crippen molar-refractivity contribution < 1.29 is 32.4 Å². The number of hydrogen-bond donors (Lipinski definition) is 1. The number of pyridine rings is 1. The molecule has 2 aromatic carbocycles. The monoisotopic (exact) mass is 402 g/mol. The van der Waals surface area contributed by atoms with Crippen molar-refractivity contribution in [1.82, 2.24) is 10.0 Å². The van der Waals surface area contributed by atoms with E-state index in [1.165, 1.54) is 30.3 Å². The van der Waals surface area contributed by atoms with E-state index < -0.39 is 46.2 Å². The van der Waals surface area contributed by atoms with Gasteiger partial charge in [-0.2, -0.15) is 13.2 Å². The van der Waals surface area contributed by atoms with Crippen LogP contribution in [-0.2, 0) is 11.0 Å². The Balaban J connectivity index is 1.70. The van der Waals surface area contributed by atoms with E-state index in [9.17, 15) is 32.3 Å². The maximum absolute atomic E-state index is 13.1. The number of benzene rings is 2. The first-order valence-electron chi connectivity index (χ1n) is 8.12. The van der Waals surface area contributed by atoms with Crippen LogP contribution >= 0.6 is 0 Å². The zero-order chi connectivity index (χ0) is 20.9. The van der Waals surface area contributed by atoms with Crippen LogP contribution < -0.4 is 5.56 Å². The lowest BCUT2D eigenvalue weighted by Gasteiger charge is -2.13. The molecular formula is C19H9F3N2O5. The highest BCUT2D eigenvalue weighted by atomic mass is 19.4. The van der Waals surface area contributed by atoms with Crippen LogP contribution in [0, 0.1) is 0 Å². The number of halogens is 3. The third-order valence-electron chi connectivity index (χ3n) is 4.34. The third kappa shape index (κ3) is 2.94. The van der Waals surface area contributed by atoms with Gasteiger partial charge in [-0.25, -0.2) is 4.79 Å². The summed E-state index contributed by atoms with van der Waals surface area (Å²) in [6.07, 6.45) is -4.72. The van der Waals surface area contributed by atoms with Gasteiger partial charge >= 0.3 is 12.1 Å². The molecule has 3 aromatic rings. The van der Waals surface area contributed by atoms with E-state index in [0.717, 1.165) is 18.2 Å². The summed E-state index contributed by atoms with van der Waals surface area (Å²) < 4.78 is 39.3. The van der Waals surface area contributed by atoms with Gasteiger partial charge < -0.3 is 9.82 Å². The van der Waals surface area contributed by atoms with Crippen molar-refractivity contribution in [3.63, 3.8) is 0 Å². The normalized spacial score (nSPS) is 13.7. The fourth-order valence-corrected chi connectivity index (χ4v) is 3.00. The summed E-state index contributed by atoms with van der Waals surface area (Å²) in [6, 6.07) is 9.83. The van der Waals surface area contributed by atoms with Gasteiger partial charge in [0.05, 0.1) is 22.2 Å². The van der Waals surface area contributed by atoms with Crippen LogP contribution in [0.25, 0.3) is 10.9 Å². The van der Waals surface area contributed by atoms with E-state index in [0.29, 0.717) is 0 Å². The van der Waals surface area contributed by atoms with Crippen LogP contribution in [0.3, 0.4) is 0 Å². The average molecular weight is 402 g/mol. The Morgan fingerprint density at radius 3 is 2.14 bits per heavy atom. The van der Waals surface area contributed by atoms with E-state index in [1.54, 1.807) is 0 Å². The van der Waals surface area contributed by atoms with Gasteiger partial charge in [0.15, 0.2) is 0 Å². The highest BCUT2D eigenvalue weighted by Gasteiger charge is 2.39. The molecule has 29 heavy (non-hydrogen) atoms. The molecule has 0 fully saturated rings. The van der Waals surface area contributed by atoms with Gasteiger partial charge in [0.2, 0.25) is 0 Å². The Kier molecular flexibility index (Phi) is 4.00. The number of carbonyl (C=O) groups excluding carboxylic acids is 3. The zero-order valence-electron chi connectivity index (χ0n) is 14.2. The molecule has 0 saturated heterocycles. The lowest BCUT2D eigenvalue weighted by molar-refractivity contribution is -0.136. The molecule has 0 saturated carbocycles. The van der Waals surface area contributed by atoms with Crippen LogP contribution in [0.2, 0.25) is 0 Å². The molecular weight excluding hydrogens is 393 g/mol. The Labute approximate surface area is 159 Å². The van der Waals surface area contributed by atoms with Crippen molar-refractivity contribution in [3.8, 4) is 0 Å². The lowest BCUT2D eigenvalue weighted by Crippen LogP contribution is -2.34. The maximum Gasteiger partial charge on any atom is 0.418 e. The fraction of sp³-hybridized carbons (Fsp3) is 0.0526. The Morgan fingerprint density at radius 2 is 1.55 bits per heavy atom. The number of hydroxylamine groups is 2. The standard InChI is InChI=1S/C19H9F3N2O5/c20-19(21,22)13-7-3-4-9-8-12(15(25)23-14(9)13)18(28)29-24-16(26)10-5-1-2-6-11(10)17(24)27/h1-8H,(H,23,25). The maximum atomic E-state index is 13.1. The first-order valence-corrected chi connectivity index (χ1v) is 8.12. The summed E-state index contributed by atoms with van der Waals surface area (Å²) in [5.74, 6) is -3.15. The van der Waals surface area contributed by atoms with Gasteiger partial charge in [0.25, 0.3) is 17.4 Å². The first kappa shape index (κ1) is 18.4. The lowest BCUT2D eigenvalue weighted by atomic mass is 10.1. The van der Waals surface area contributed by atoms with E-state index in [-0.39, 0.29) is 21.6 Å². The number of nitrogens with one attached hydrogen (secondary N) is 1. The van der Waals surface area contributed by atoms with E-state index in [1.807, 2.05) is 4.98 Å². The molecule has 2 heterocycles. The minimum atomic E-state index is -4.72. The number of imide groups is 1. The molecule has 7 nitrogen and oxygen atoms in total. The number of H-pyrrole nitrogens is 1. The van der Waals surface area contributed by atoms with Gasteiger partial charge in [0, 0.05) is 0 Å². The Morgan fingerprint density at radius 1 is 0.931 bits per heavy atom. The van der Waals surface area contributed by atoms with Gasteiger partial charge in [-0.1, -0.05) is 29.3 Å². The molecule has 0 spiro atoms. The number of hydrogen-bond acceptors (Lipinski definition) is 5. The van der Waals surface area contributed by atoms with Crippen molar-refractivity contribution in [2.24, 2.45) is 0 Å². The van der Waals surface area contributed by atoms with Crippen LogP contribution in [0.5, 0.6) is 0 Å². The number of carbonyl (C=O) groups is 3. The van der Waals surface area contributed by atoms with Crippen molar-refractivity contribution in [3.05, 3.63) is 81.1 Å². The Bertz CT molecular complexity index is 1230. The molecule has 1 aromatic heterocycles. The highest BCUT2D eigenvalue weighted by molar-refractivity contribution is 6.21. The number of amides is 2. The molecule has 4 rings (SSSR count). The van der Waals surface area contributed by atoms with Crippen molar-refractivity contribution in [1.29, 1.82) is 0 Å². The number of fused-ring (bicyclic) bond motifs is 2. The van der Waals surface area contributed by atoms with Crippen LogP contribution in [0.4, 0.5) is 13.2 Å². The number of alkyl halides is 3. The van der Waals surface area contributed by atoms with Crippen LogP contribution in [0.1, 0.15) is 36.6 Å². The van der Waals surface area contributed by atoms with Gasteiger partial charge in [0.1, 0.15) is 5.56 Å². The molecule has 0 atom stereocenters. The summed E-state index contributed by atoms with van der Waals surface area (Å²) >= 11 is 0. The molecule has 0 unspecified atom stereocenters. The molecule has 1 aliphatic rings. The van der Waals surface area contributed by atoms with Crippen molar-refractivity contribution in [2.45, 2.75) is 6.18 Å². The summed E-state index contributed by atoms with van der Waals surface area (Å²) in [5, 5.41) is 0.136. The van der Waals surface area contributed by atoms with Gasteiger partial charge in [-0.05, 0) is 29.7 Å². The number of para-hydroxylation sites is 1. The van der Waals surface area contributed by atoms with Gasteiger partial charge in [-0.3, -0.25) is 14.4 Å². The molecule has 1 N–H and O–H groups in total. The second-order valence-electron chi connectivity index (χ2n) is 6.11. The van der Waals surface area contributed by atoms with Gasteiger partial charge in [-0.15, -0.1) is 0 Å². The quantitative estimate of drug-likeness (QED) is 0.665. The number of aromatic nitrogens is 1. The average Bonchev–Trinajstić information content (AvgIpc) is 2.91. The number of aromatic amines is 1. The highest BCUT2D eigenvalue weighted by Crippen LogP contribution is 2.33. The van der Waals surface area contributed by atoms with E-state index in [4.69, 9.17) is 4.84 Å². The molecule has 10 heteroatoms. The third-order valence-corrected chi connectivity index (χ3v) is 4.34. The smallest absolute Gasteiger partial charge is 0.324 e. The number of rotatable bonds is 2. The summed E-state index contributed by atoms with van der Waals surface area (Å²) in [6.45, 7) is 0. The largest absolute Gasteiger partial charge is 0.418 e. The molecule has 0 bridgehead atoms. The van der Waals surface area contributed by atoms with Crippen LogP contribution in [0.15, 0.2) is 53.3 Å². The van der Waals surface area contributed by atoms with E-state index >= 15 is 0 Å². The summed E-state index contributed by atoms with van der Waals surface area (Å²) in [5.41, 5.74) is -3.35. The molecule has 146 valence electrons. The topological polar surface area (TPSA) is 96.5 Å². The van der Waals surface area contributed by atoms with E-state index in [2.05, 4.69) is 0 Å². The predicted octanol–water partition coefficient (Wildman–Crippen LogP) is 2.91. The fourth-order valence-electron chi connectivity index (χ4n) is 3.00. The second kappa shape index (κ2) is 6.30. The zero-order valence-corrected chi connectivity index (χ0v) is 14.2. The molecule has 0 radical (unpaired) electrons. The SMILES string of the molecule is O=C(ON1C(=O)c2ccccc2C1=O)c1cc2cccc(C(F)(F)F)c2[nH]c1=O. The minimum absolute atomic E-state index is 0.0209. The first-order chi connectivity index (χ1) is 13.7. The summed E-state index contributed by atoms with van der Waals surface area (Å²) in [7, 11) is 0. The van der Waals surface area contributed by atoms with Crippen molar-refractivity contribution in [2.75, 3.05) is 0 Å². The molecule has 0 aliphatic carbocycles. The van der Waals surface area contributed by atoms with Crippen molar-refractivity contribution >= 4 is 28.7 Å². The summed E-state index contributed by atoms with van der Waals surface area (Å²) in [4.78, 5) is 55.9. The number of nitrogens with zero attached hydrogens (tertiary/aromatic N) is 1. The minimum Gasteiger partial charge on any atom is -0.324 e. The molecule has 2 amide bonds. The predicted molar refractivity (Wildman–Crippen MR) is 91.9 cm³/mol. The van der Waals surface area contributed by atoms with Crippen LogP contribution in [-0.4, -0.2) is 27.8 Å². The molecule has 1 aliphatic heterocycles. The Hall–Kier alpha value is -3.95. The second-order valence-corrected chi connectivity index (χ2v) is 6.11.